The van der Waals surface area contributed by atoms with Gasteiger partial charge in [-0.2, -0.15) is 0 Å². The van der Waals surface area contributed by atoms with Crippen LogP contribution in [0.25, 0.3) is 0 Å². The van der Waals surface area contributed by atoms with Crippen LogP contribution in [0.2, 0.25) is 0 Å². The molecule has 11 heteroatoms. The normalized spacial score (nSPS) is 11.0. The van der Waals surface area contributed by atoms with Crippen molar-refractivity contribution in [1.29, 1.82) is 0 Å². The molecule has 0 saturated carbocycles. The highest BCUT2D eigenvalue weighted by molar-refractivity contribution is 7.98. The Bertz CT molecular complexity index is 1160. The molecule has 1 aromatic carbocycles. The van der Waals surface area contributed by atoms with Crippen molar-refractivity contribution in [2.45, 2.75) is 38.0 Å². The molecule has 3 amide bonds. The number of ether oxygens (including phenoxy) is 2. The summed E-state index contributed by atoms with van der Waals surface area (Å²) in [6.45, 7) is 8.00. The molecule has 34 heavy (non-hydrogen) atoms. The minimum Gasteiger partial charge on any atom is -0.457 e. The van der Waals surface area contributed by atoms with E-state index in [4.69, 9.17) is 14.0 Å². The molecule has 0 aliphatic rings. The van der Waals surface area contributed by atoms with E-state index < -0.39 is 12.1 Å². The van der Waals surface area contributed by atoms with Crippen molar-refractivity contribution in [2.24, 2.45) is 0 Å². The molecule has 0 fully saturated rings. The summed E-state index contributed by atoms with van der Waals surface area (Å²) < 4.78 is 15.9. The van der Waals surface area contributed by atoms with E-state index in [-0.39, 0.29) is 17.9 Å². The van der Waals surface area contributed by atoms with E-state index in [1.807, 2.05) is 27.0 Å². The Hall–Kier alpha value is -3.73. The number of thioether (sulfide) groups is 1. The molecular formula is C23H27N5O5S. The quantitative estimate of drug-likeness (QED) is 0.343. The van der Waals surface area contributed by atoms with Crippen molar-refractivity contribution < 1.29 is 23.6 Å². The number of amides is 3. The first-order valence-electron chi connectivity index (χ1n) is 10.5. The summed E-state index contributed by atoms with van der Waals surface area (Å²) in [4.78, 5) is 28.9. The molecule has 0 aliphatic heterocycles. The third-order valence-corrected chi connectivity index (χ3v) is 5.19. The van der Waals surface area contributed by atoms with Crippen LogP contribution >= 0.6 is 11.8 Å². The van der Waals surface area contributed by atoms with Crippen LogP contribution in [0.4, 0.5) is 27.0 Å². The van der Waals surface area contributed by atoms with Gasteiger partial charge in [0, 0.05) is 28.6 Å². The van der Waals surface area contributed by atoms with E-state index in [0.29, 0.717) is 23.0 Å². The highest BCUT2D eigenvalue weighted by Gasteiger charge is 2.20. The topological polar surface area (TPSA) is 128 Å². The average molecular weight is 486 g/mol. The van der Waals surface area contributed by atoms with Crippen molar-refractivity contribution in [1.82, 2.24) is 10.1 Å². The number of hydrogen-bond donors (Lipinski definition) is 3. The van der Waals surface area contributed by atoms with Gasteiger partial charge in [-0.05, 0) is 37.4 Å². The Labute approximate surface area is 201 Å². The summed E-state index contributed by atoms with van der Waals surface area (Å²) in [5.74, 6) is 1.59. The van der Waals surface area contributed by atoms with Crippen molar-refractivity contribution in [3.05, 3.63) is 48.3 Å². The monoisotopic (exact) mass is 485 g/mol. The number of urea groups is 1. The highest BCUT2D eigenvalue weighted by atomic mass is 32.2. The van der Waals surface area contributed by atoms with Gasteiger partial charge in [-0.15, -0.1) is 11.8 Å². The Kier molecular flexibility index (Phi) is 8.00. The molecule has 3 N–H and O–H groups in total. The summed E-state index contributed by atoms with van der Waals surface area (Å²) in [6, 6.07) is 9.75. The summed E-state index contributed by atoms with van der Waals surface area (Å²) >= 11 is 1.45. The number of rotatable bonds is 7. The zero-order chi connectivity index (χ0) is 24.7. The number of benzene rings is 1. The smallest absolute Gasteiger partial charge is 0.412 e. The predicted octanol–water partition coefficient (Wildman–Crippen LogP) is 6.09. The van der Waals surface area contributed by atoms with Gasteiger partial charge in [0.25, 0.3) is 0 Å². The zero-order valence-electron chi connectivity index (χ0n) is 19.6. The number of aromatic nitrogens is 2. The zero-order valence-corrected chi connectivity index (χ0v) is 20.4. The lowest BCUT2D eigenvalue weighted by atomic mass is 9.92. The second-order valence-corrected chi connectivity index (χ2v) is 8.94. The molecule has 0 saturated heterocycles. The number of carbonyl (C=O) groups is 2. The highest BCUT2D eigenvalue weighted by Crippen LogP contribution is 2.32. The summed E-state index contributed by atoms with van der Waals surface area (Å²) in [7, 11) is 0. The SMILES string of the molecule is CCOC(=O)Nc1cc(Oc2ccc(NC(=O)Nc3cc(C(C)(C)C)no3)c(SC)c2)ccn1. The van der Waals surface area contributed by atoms with E-state index in [1.54, 1.807) is 43.3 Å². The lowest BCUT2D eigenvalue weighted by Gasteiger charge is -2.13. The Morgan fingerprint density at radius 3 is 2.50 bits per heavy atom. The summed E-state index contributed by atoms with van der Waals surface area (Å²) in [5.41, 5.74) is 1.16. The molecule has 10 nitrogen and oxygen atoms in total. The molecule has 3 aromatic rings. The molecule has 0 spiro atoms. The number of anilines is 3. The largest absolute Gasteiger partial charge is 0.457 e. The second-order valence-electron chi connectivity index (χ2n) is 8.09. The summed E-state index contributed by atoms with van der Waals surface area (Å²) in [6.07, 6.45) is 2.81. The van der Waals surface area contributed by atoms with E-state index in [9.17, 15) is 9.59 Å². The van der Waals surface area contributed by atoms with Gasteiger partial charge in [-0.25, -0.2) is 14.6 Å². The standard InChI is InChI=1S/C23H27N5O5S/c1-6-31-22(30)26-19-12-15(9-10-24-19)32-14-7-8-16(17(11-14)34-5)25-21(29)27-20-13-18(28-33-20)23(2,3)4/h7-13H,6H2,1-5H3,(H,24,26,30)(H2,25,27,29). The van der Waals surface area contributed by atoms with Gasteiger partial charge in [-0.1, -0.05) is 25.9 Å². The molecule has 0 radical (unpaired) electrons. The van der Waals surface area contributed by atoms with Gasteiger partial charge in [-0.3, -0.25) is 10.6 Å². The molecule has 0 bridgehead atoms. The fraction of sp³-hybridized carbons (Fsp3) is 0.304. The Morgan fingerprint density at radius 1 is 1.06 bits per heavy atom. The maximum absolute atomic E-state index is 12.5. The van der Waals surface area contributed by atoms with Gasteiger partial charge in [0.2, 0.25) is 5.88 Å². The minimum absolute atomic E-state index is 0.188. The van der Waals surface area contributed by atoms with Gasteiger partial charge < -0.3 is 19.3 Å². The van der Waals surface area contributed by atoms with E-state index in [0.717, 1.165) is 10.6 Å². The Balaban J connectivity index is 1.66. The maximum Gasteiger partial charge on any atom is 0.412 e. The fourth-order valence-electron chi connectivity index (χ4n) is 2.74. The Morgan fingerprint density at radius 2 is 1.82 bits per heavy atom. The molecule has 0 aliphatic carbocycles. The van der Waals surface area contributed by atoms with E-state index >= 15 is 0 Å². The lowest BCUT2D eigenvalue weighted by molar-refractivity contribution is 0.168. The molecule has 0 unspecified atom stereocenters. The second kappa shape index (κ2) is 10.9. The maximum atomic E-state index is 12.5. The fourth-order valence-corrected chi connectivity index (χ4v) is 3.32. The van der Waals surface area contributed by atoms with Crippen LogP contribution in [-0.2, 0) is 10.2 Å². The minimum atomic E-state index is -0.592. The van der Waals surface area contributed by atoms with Crippen molar-refractivity contribution in [3.8, 4) is 11.5 Å². The van der Waals surface area contributed by atoms with Crippen LogP contribution in [0.3, 0.4) is 0 Å². The van der Waals surface area contributed by atoms with Gasteiger partial charge in [0.1, 0.15) is 17.3 Å². The third-order valence-electron chi connectivity index (χ3n) is 4.41. The first kappa shape index (κ1) is 24.9. The van der Waals surface area contributed by atoms with Crippen LogP contribution in [0.5, 0.6) is 11.5 Å². The number of nitrogens with one attached hydrogen (secondary N) is 3. The van der Waals surface area contributed by atoms with Crippen molar-refractivity contribution >= 4 is 41.3 Å². The van der Waals surface area contributed by atoms with Gasteiger partial charge in [0.15, 0.2) is 0 Å². The number of nitrogens with zero attached hydrogens (tertiary/aromatic N) is 2. The first-order chi connectivity index (χ1) is 16.2. The number of carbonyl (C=O) groups excluding carboxylic acids is 2. The average Bonchev–Trinajstić information content (AvgIpc) is 3.24. The van der Waals surface area contributed by atoms with Gasteiger partial charge >= 0.3 is 12.1 Å². The molecule has 2 aromatic heterocycles. The van der Waals surface area contributed by atoms with Gasteiger partial charge in [0.05, 0.1) is 18.0 Å². The molecule has 0 atom stereocenters. The molecule has 180 valence electrons. The van der Waals surface area contributed by atoms with Crippen LogP contribution in [-0.4, -0.2) is 35.1 Å². The predicted molar refractivity (Wildman–Crippen MR) is 131 cm³/mol. The van der Waals surface area contributed by atoms with Crippen LogP contribution in [0, 0.1) is 0 Å². The number of pyridine rings is 1. The summed E-state index contributed by atoms with van der Waals surface area (Å²) in [5, 5.41) is 12.0. The lowest BCUT2D eigenvalue weighted by Crippen LogP contribution is -2.19. The van der Waals surface area contributed by atoms with Crippen molar-refractivity contribution in [2.75, 3.05) is 28.8 Å². The van der Waals surface area contributed by atoms with Crippen LogP contribution in [0.1, 0.15) is 33.4 Å². The molecular weight excluding hydrogens is 458 g/mol. The van der Waals surface area contributed by atoms with Crippen LogP contribution in [0.15, 0.2) is 52.0 Å². The molecule has 2 heterocycles. The first-order valence-corrected chi connectivity index (χ1v) is 11.7. The van der Waals surface area contributed by atoms with E-state index in [2.05, 4.69) is 26.1 Å². The van der Waals surface area contributed by atoms with Crippen molar-refractivity contribution in [3.63, 3.8) is 0 Å². The molecule has 3 rings (SSSR count). The van der Waals surface area contributed by atoms with Crippen LogP contribution < -0.4 is 20.7 Å². The number of hydrogen-bond acceptors (Lipinski definition) is 8. The van der Waals surface area contributed by atoms with E-state index in [1.165, 1.54) is 18.0 Å². The third kappa shape index (κ3) is 6.88.